The van der Waals surface area contributed by atoms with E-state index in [0.717, 1.165) is 19.5 Å². The van der Waals surface area contributed by atoms with Gasteiger partial charge < -0.3 is 10.2 Å². The average molecular weight is 250 g/mol. The van der Waals surface area contributed by atoms with Crippen molar-refractivity contribution < 1.29 is 13.2 Å². The van der Waals surface area contributed by atoms with E-state index in [9.17, 15) is 13.2 Å². The van der Waals surface area contributed by atoms with Crippen molar-refractivity contribution in [2.24, 2.45) is 11.3 Å². The van der Waals surface area contributed by atoms with E-state index in [1.807, 2.05) is 4.90 Å². The summed E-state index contributed by atoms with van der Waals surface area (Å²) < 4.78 is 38.3. The van der Waals surface area contributed by atoms with Gasteiger partial charge in [0.25, 0.3) is 0 Å². The van der Waals surface area contributed by atoms with Gasteiger partial charge >= 0.3 is 6.18 Å². The standard InChI is InChI=1S/C12H21F3N2/c1-2-11(3-4-11)9-17-6-5-16-7-10(8-17)12(13,14)15/h10,16H,2-9H2,1H3. The van der Waals surface area contributed by atoms with Crippen molar-refractivity contribution >= 4 is 0 Å². The molecule has 0 amide bonds. The molecule has 0 aromatic heterocycles. The highest BCUT2D eigenvalue weighted by Crippen LogP contribution is 2.49. The maximum atomic E-state index is 12.8. The molecule has 2 fully saturated rings. The van der Waals surface area contributed by atoms with Crippen molar-refractivity contribution in [2.45, 2.75) is 32.4 Å². The highest BCUT2D eigenvalue weighted by molar-refractivity contribution is 4.95. The average Bonchev–Trinajstić information content (AvgIpc) is 3.02. The molecule has 1 saturated heterocycles. The second-order valence-electron chi connectivity index (χ2n) is 5.53. The van der Waals surface area contributed by atoms with Gasteiger partial charge in [0.1, 0.15) is 0 Å². The molecule has 5 heteroatoms. The number of hydrogen-bond donors (Lipinski definition) is 1. The predicted molar refractivity (Wildman–Crippen MR) is 60.8 cm³/mol. The summed E-state index contributed by atoms with van der Waals surface area (Å²) >= 11 is 0. The first-order valence-electron chi connectivity index (χ1n) is 6.45. The van der Waals surface area contributed by atoms with Crippen LogP contribution in [-0.4, -0.2) is 43.8 Å². The van der Waals surface area contributed by atoms with E-state index in [-0.39, 0.29) is 13.1 Å². The molecule has 1 atom stereocenters. The Morgan fingerprint density at radius 3 is 2.59 bits per heavy atom. The molecule has 0 aromatic carbocycles. The topological polar surface area (TPSA) is 15.3 Å². The van der Waals surface area contributed by atoms with Gasteiger partial charge in [-0.25, -0.2) is 0 Å². The van der Waals surface area contributed by atoms with Gasteiger partial charge in [-0.1, -0.05) is 6.92 Å². The van der Waals surface area contributed by atoms with E-state index < -0.39 is 12.1 Å². The van der Waals surface area contributed by atoms with Crippen LogP contribution in [0.15, 0.2) is 0 Å². The minimum absolute atomic E-state index is 0.0686. The maximum absolute atomic E-state index is 12.8. The molecule has 1 saturated carbocycles. The number of hydrogen-bond acceptors (Lipinski definition) is 2. The number of nitrogens with one attached hydrogen (secondary N) is 1. The van der Waals surface area contributed by atoms with Crippen molar-refractivity contribution in [1.29, 1.82) is 0 Å². The van der Waals surface area contributed by atoms with Crippen molar-refractivity contribution in [1.82, 2.24) is 10.2 Å². The van der Waals surface area contributed by atoms with E-state index in [4.69, 9.17) is 0 Å². The lowest BCUT2D eigenvalue weighted by atomic mass is 10.0. The first-order valence-corrected chi connectivity index (χ1v) is 6.45. The largest absolute Gasteiger partial charge is 0.394 e. The Labute approximate surface area is 101 Å². The van der Waals surface area contributed by atoms with Crippen LogP contribution in [0.3, 0.4) is 0 Å². The quantitative estimate of drug-likeness (QED) is 0.826. The van der Waals surface area contributed by atoms with E-state index >= 15 is 0 Å². The second-order valence-corrected chi connectivity index (χ2v) is 5.53. The third kappa shape index (κ3) is 3.35. The molecule has 1 unspecified atom stereocenters. The summed E-state index contributed by atoms with van der Waals surface area (Å²) in [5.74, 6) is -1.21. The van der Waals surface area contributed by atoms with Crippen LogP contribution in [0.25, 0.3) is 0 Å². The molecule has 0 aromatic rings. The second kappa shape index (κ2) is 4.76. The summed E-state index contributed by atoms with van der Waals surface area (Å²) in [7, 11) is 0. The molecule has 2 aliphatic rings. The summed E-state index contributed by atoms with van der Waals surface area (Å²) in [5, 5.41) is 2.90. The fourth-order valence-electron chi connectivity index (χ4n) is 2.62. The van der Waals surface area contributed by atoms with E-state index in [1.54, 1.807) is 0 Å². The van der Waals surface area contributed by atoms with Crippen LogP contribution in [0.4, 0.5) is 13.2 Å². The normalized spacial score (nSPS) is 30.0. The number of alkyl halides is 3. The van der Waals surface area contributed by atoms with Crippen LogP contribution in [0.2, 0.25) is 0 Å². The molecule has 2 rings (SSSR count). The monoisotopic (exact) mass is 250 g/mol. The molecule has 1 aliphatic carbocycles. The molecule has 1 aliphatic heterocycles. The maximum Gasteiger partial charge on any atom is 0.394 e. The van der Waals surface area contributed by atoms with Crippen LogP contribution < -0.4 is 5.32 Å². The molecule has 0 bridgehead atoms. The van der Waals surface area contributed by atoms with E-state index in [2.05, 4.69) is 12.2 Å². The first-order chi connectivity index (χ1) is 7.95. The molecular formula is C12H21F3N2. The van der Waals surface area contributed by atoms with Gasteiger partial charge in [-0.15, -0.1) is 0 Å². The molecule has 100 valence electrons. The van der Waals surface area contributed by atoms with Gasteiger partial charge in [0, 0.05) is 32.7 Å². The van der Waals surface area contributed by atoms with Crippen molar-refractivity contribution in [3.63, 3.8) is 0 Å². The Balaban J connectivity index is 1.93. The third-order valence-corrected chi connectivity index (χ3v) is 4.20. The number of nitrogens with zero attached hydrogens (tertiary/aromatic N) is 1. The summed E-state index contributed by atoms with van der Waals surface area (Å²) in [6.45, 7) is 4.64. The van der Waals surface area contributed by atoms with Gasteiger partial charge in [0.2, 0.25) is 0 Å². The fourth-order valence-corrected chi connectivity index (χ4v) is 2.62. The Bertz CT molecular complexity index is 261. The molecule has 0 radical (unpaired) electrons. The minimum Gasteiger partial charge on any atom is -0.315 e. The zero-order chi connectivity index (χ0) is 12.5. The van der Waals surface area contributed by atoms with Crippen molar-refractivity contribution in [3.8, 4) is 0 Å². The van der Waals surface area contributed by atoms with E-state index in [1.165, 1.54) is 12.8 Å². The van der Waals surface area contributed by atoms with Gasteiger partial charge in [-0.3, -0.25) is 0 Å². The van der Waals surface area contributed by atoms with Gasteiger partial charge in [-0.2, -0.15) is 13.2 Å². The predicted octanol–water partition coefficient (Wildman–Crippen LogP) is 2.26. The van der Waals surface area contributed by atoms with Crippen molar-refractivity contribution in [3.05, 3.63) is 0 Å². The highest BCUT2D eigenvalue weighted by atomic mass is 19.4. The van der Waals surface area contributed by atoms with Gasteiger partial charge in [0.15, 0.2) is 0 Å². The molecular weight excluding hydrogens is 229 g/mol. The molecule has 0 spiro atoms. The van der Waals surface area contributed by atoms with Crippen LogP contribution in [0, 0.1) is 11.3 Å². The number of rotatable bonds is 3. The van der Waals surface area contributed by atoms with Crippen molar-refractivity contribution in [2.75, 3.05) is 32.7 Å². The van der Waals surface area contributed by atoms with Crippen LogP contribution >= 0.6 is 0 Å². The Hall–Kier alpha value is -0.290. The first kappa shape index (κ1) is 13.1. The Kier molecular flexibility index (Phi) is 3.69. The van der Waals surface area contributed by atoms with Gasteiger partial charge in [-0.05, 0) is 24.7 Å². The van der Waals surface area contributed by atoms with Crippen LogP contribution in [0.5, 0.6) is 0 Å². The van der Waals surface area contributed by atoms with Gasteiger partial charge in [0.05, 0.1) is 5.92 Å². The summed E-state index contributed by atoms with van der Waals surface area (Å²) in [6, 6.07) is 0. The van der Waals surface area contributed by atoms with Crippen LogP contribution in [-0.2, 0) is 0 Å². The summed E-state index contributed by atoms with van der Waals surface area (Å²) in [6.07, 6.45) is -0.611. The lowest BCUT2D eigenvalue weighted by Crippen LogP contribution is -2.40. The molecule has 17 heavy (non-hydrogen) atoms. The molecule has 1 heterocycles. The zero-order valence-corrected chi connectivity index (χ0v) is 10.3. The molecule has 1 N–H and O–H groups in total. The summed E-state index contributed by atoms with van der Waals surface area (Å²) in [4.78, 5) is 2.01. The zero-order valence-electron chi connectivity index (χ0n) is 10.3. The number of halogens is 3. The molecule has 2 nitrogen and oxygen atoms in total. The lowest BCUT2D eigenvalue weighted by molar-refractivity contribution is -0.176. The minimum atomic E-state index is -4.07. The Morgan fingerprint density at radius 2 is 2.06 bits per heavy atom. The SMILES string of the molecule is CCC1(CN2CCNCC(C(F)(F)F)C2)CC1. The fraction of sp³-hybridized carbons (Fsp3) is 1.00. The third-order valence-electron chi connectivity index (χ3n) is 4.20. The summed E-state index contributed by atoms with van der Waals surface area (Å²) in [5.41, 5.74) is 0.334. The smallest absolute Gasteiger partial charge is 0.315 e. The Morgan fingerprint density at radius 1 is 1.35 bits per heavy atom. The van der Waals surface area contributed by atoms with Crippen LogP contribution in [0.1, 0.15) is 26.2 Å². The van der Waals surface area contributed by atoms with E-state index in [0.29, 0.717) is 12.0 Å². The lowest BCUT2D eigenvalue weighted by Gasteiger charge is -2.28. The highest BCUT2D eigenvalue weighted by Gasteiger charge is 2.45.